The second-order valence-corrected chi connectivity index (χ2v) is 10.2. The highest BCUT2D eigenvalue weighted by Gasteiger charge is 2.30. The van der Waals surface area contributed by atoms with Crippen LogP contribution in [0.5, 0.6) is 0 Å². The minimum Gasteiger partial charge on any atom is -0.355 e. The van der Waals surface area contributed by atoms with Crippen LogP contribution in [0.4, 0.5) is 0 Å². The van der Waals surface area contributed by atoms with Crippen molar-refractivity contribution < 1.29 is 9.59 Å². The van der Waals surface area contributed by atoms with Gasteiger partial charge in [-0.2, -0.15) is 0 Å². The Morgan fingerprint density at radius 2 is 1.96 bits per heavy atom. The van der Waals surface area contributed by atoms with E-state index in [0.717, 1.165) is 37.1 Å². The first-order valence-electron chi connectivity index (χ1n) is 10.1. The van der Waals surface area contributed by atoms with Crippen LogP contribution in [-0.4, -0.2) is 61.9 Å². The standard InChI is InChI=1S/C21H33N3O2S/c1-21(2,14-23(3)4)13-22-19(25)15-8-10-24(11-9-15)20(26)18-12-16-6-5-7-17(16)27-18/h12,15H,5-11,13-14H2,1-4H3,(H,22,25). The van der Waals surface area contributed by atoms with Crippen molar-refractivity contribution in [2.45, 2.75) is 46.0 Å². The quantitative estimate of drug-likeness (QED) is 0.811. The Labute approximate surface area is 167 Å². The van der Waals surface area contributed by atoms with Gasteiger partial charge in [0, 0.05) is 37.0 Å². The van der Waals surface area contributed by atoms with Crippen molar-refractivity contribution in [1.29, 1.82) is 0 Å². The highest BCUT2D eigenvalue weighted by Crippen LogP contribution is 2.32. The average molecular weight is 392 g/mol. The lowest BCUT2D eigenvalue weighted by atomic mass is 9.91. The molecule has 27 heavy (non-hydrogen) atoms. The van der Waals surface area contributed by atoms with Crippen LogP contribution in [0.3, 0.4) is 0 Å². The van der Waals surface area contributed by atoms with Gasteiger partial charge in [0.25, 0.3) is 5.91 Å². The van der Waals surface area contributed by atoms with Crippen LogP contribution in [0.2, 0.25) is 0 Å². The first kappa shape index (κ1) is 20.3. The summed E-state index contributed by atoms with van der Waals surface area (Å²) in [7, 11) is 4.11. The summed E-state index contributed by atoms with van der Waals surface area (Å²) < 4.78 is 0. The van der Waals surface area contributed by atoms with Crippen molar-refractivity contribution in [3.63, 3.8) is 0 Å². The minimum atomic E-state index is 0.0255. The second-order valence-electron chi connectivity index (χ2n) is 9.10. The van der Waals surface area contributed by atoms with Crippen LogP contribution in [0, 0.1) is 11.3 Å². The third-order valence-electron chi connectivity index (χ3n) is 5.60. The molecule has 1 fully saturated rings. The van der Waals surface area contributed by atoms with E-state index < -0.39 is 0 Å². The molecule has 1 N–H and O–H groups in total. The monoisotopic (exact) mass is 391 g/mol. The Morgan fingerprint density at radius 1 is 1.26 bits per heavy atom. The first-order chi connectivity index (χ1) is 12.7. The van der Waals surface area contributed by atoms with Crippen molar-refractivity contribution in [2.75, 3.05) is 40.3 Å². The minimum absolute atomic E-state index is 0.0255. The lowest BCUT2D eigenvalue weighted by molar-refractivity contribution is -0.126. The van der Waals surface area contributed by atoms with Gasteiger partial charge in [0.05, 0.1) is 4.88 Å². The number of fused-ring (bicyclic) bond motifs is 1. The van der Waals surface area contributed by atoms with Gasteiger partial charge in [-0.15, -0.1) is 11.3 Å². The zero-order chi connectivity index (χ0) is 19.6. The number of carbonyl (C=O) groups excluding carboxylic acids is 2. The molecule has 0 unspecified atom stereocenters. The van der Waals surface area contributed by atoms with Crippen molar-refractivity contribution >= 4 is 23.2 Å². The number of nitrogens with one attached hydrogen (secondary N) is 1. The fourth-order valence-electron chi connectivity index (χ4n) is 4.32. The number of aryl methyl sites for hydroxylation is 2. The number of hydrogen-bond donors (Lipinski definition) is 1. The summed E-state index contributed by atoms with van der Waals surface area (Å²) in [6.45, 7) is 7.33. The number of nitrogens with zero attached hydrogens (tertiary/aromatic N) is 2. The summed E-state index contributed by atoms with van der Waals surface area (Å²) >= 11 is 1.67. The van der Waals surface area contributed by atoms with Gasteiger partial charge in [-0.3, -0.25) is 9.59 Å². The van der Waals surface area contributed by atoms with Crippen LogP contribution in [-0.2, 0) is 17.6 Å². The molecule has 3 rings (SSSR count). The van der Waals surface area contributed by atoms with Crippen molar-refractivity contribution in [2.24, 2.45) is 11.3 Å². The molecule has 1 saturated heterocycles. The SMILES string of the molecule is CN(C)CC(C)(C)CNC(=O)C1CCN(C(=O)c2cc3c(s2)CCC3)CC1. The topological polar surface area (TPSA) is 52.7 Å². The van der Waals surface area contributed by atoms with E-state index in [0.29, 0.717) is 19.6 Å². The zero-order valence-electron chi connectivity index (χ0n) is 17.1. The fraction of sp³-hybridized carbons (Fsp3) is 0.714. The molecule has 0 saturated carbocycles. The predicted octanol–water partition coefficient (Wildman–Crippen LogP) is 2.79. The summed E-state index contributed by atoms with van der Waals surface area (Å²) in [5, 5.41) is 3.13. The lowest BCUT2D eigenvalue weighted by Gasteiger charge is -2.33. The Hall–Kier alpha value is -1.40. The molecule has 0 aromatic carbocycles. The molecule has 1 aromatic rings. The summed E-state index contributed by atoms with van der Waals surface area (Å²) in [5.74, 6) is 0.321. The summed E-state index contributed by atoms with van der Waals surface area (Å²) in [6.07, 6.45) is 4.99. The molecule has 1 aliphatic carbocycles. The van der Waals surface area contributed by atoms with E-state index >= 15 is 0 Å². The highest BCUT2D eigenvalue weighted by molar-refractivity contribution is 7.14. The van der Waals surface area contributed by atoms with Gasteiger partial charge in [-0.05, 0) is 63.2 Å². The normalized spacial score (nSPS) is 18.0. The maximum absolute atomic E-state index is 12.8. The maximum atomic E-state index is 12.8. The van der Waals surface area contributed by atoms with Gasteiger partial charge in [0.1, 0.15) is 0 Å². The van der Waals surface area contributed by atoms with E-state index in [1.807, 2.05) is 4.90 Å². The van der Waals surface area contributed by atoms with Crippen molar-refractivity contribution in [3.05, 3.63) is 21.4 Å². The molecule has 2 heterocycles. The second kappa shape index (κ2) is 8.31. The van der Waals surface area contributed by atoms with Gasteiger partial charge in [0.2, 0.25) is 5.91 Å². The van der Waals surface area contributed by atoms with Crippen LogP contribution in [0.1, 0.15) is 53.2 Å². The largest absolute Gasteiger partial charge is 0.355 e. The predicted molar refractivity (Wildman–Crippen MR) is 110 cm³/mol. The molecule has 6 heteroatoms. The first-order valence-corrected chi connectivity index (χ1v) is 10.9. The lowest BCUT2D eigenvalue weighted by Crippen LogP contribution is -2.45. The Morgan fingerprint density at radius 3 is 2.59 bits per heavy atom. The molecule has 0 radical (unpaired) electrons. The molecule has 0 bridgehead atoms. The summed E-state index contributed by atoms with van der Waals surface area (Å²) in [4.78, 5) is 31.7. The van der Waals surface area contributed by atoms with Crippen LogP contribution >= 0.6 is 11.3 Å². The smallest absolute Gasteiger partial charge is 0.263 e. The summed E-state index contributed by atoms with van der Waals surface area (Å²) in [6, 6.07) is 2.10. The molecule has 2 aliphatic rings. The van der Waals surface area contributed by atoms with Crippen molar-refractivity contribution in [3.8, 4) is 0 Å². The number of likely N-dealkylation sites (tertiary alicyclic amines) is 1. The van der Waals surface area contributed by atoms with Crippen molar-refractivity contribution in [1.82, 2.24) is 15.1 Å². The number of rotatable bonds is 6. The van der Waals surface area contributed by atoms with E-state index in [1.54, 1.807) is 11.3 Å². The Kier molecular flexibility index (Phi) is 6.26. The average Bonchev–Trinajstić information content (AvgIpc) is 3.20. The number of hydrogen-bond acceptors (Lipinski definition) is 4. The third kappa shape index (κ3) is 5.11. The molecule has 1 aliphatic heterocycles. The van der Waals surface area contributed by atoms with Crippen LogP contribution in [0.25, 0.3) is 0 Å². The molecule has 2 amide bonds. The van der Waals surface area contributed by atoms with E-state index in [2.05, 4.69) is 44.2 Å². The Bertz CT molecular complexity index is 666. The molecule has 5 nitrogen and oxygen atoms in total. The number of piperidine rings is 1. The van der Waals surface area contributed by atoms with E-state index in [4.69, 9.17) is 0 Å². The van der Waals surface area contributed by atoms with Gasteiger partial charge in [-0.25, -0.2) is 0 Å². The molecule has 0 atom stereocenters. The fourth-order valence-corrected chi connectivity index (χ4v) is 5.54. The zero-order valence-corrected chi connectivity index (χ0v) is 18.0. The molecular weight excluding hydrogens is 358 g/mol. The molecule has 1 aromatic heterocycles. The van der Waals surface area contributed by atoms with Crippen LogP contribution < -0.4 is 5.32 Å². The number of thiophene rings is 1. The van der Waals surface area contributed by atoms with Gasteiger partial charge < -0.3 is 15.1 Å². The maximum Gasteiger partial charge on any atom is 0.263 e. The third-order valence-corrected chi connectivity index (χ3v) is 6.82. The highest BCUT2D eigenvalue weighted by atomic mass is 32.1. The molecular formula is C21H33N3O2S. The van der Waals surface area contributed by atoms with Crippen LogP contribution in [0.15, 0.2) is 6.07 Å². The Balaban J connectivity index is 1.46. The van der Waals surface area contributed by atoms with Gasteiger partial charge >= 0.3 is 0 Å². The molecule has 150 valence electrons. The summed E-state index contributed by atoms with van der Waals surface area (Å²) in [5.41, 5.74) is 1.42. The van der Waals surface area contributed by atoms with E-state index in [9.17, 15) is 9.59 Å². The molecule has 0 spiro atoms. The number of amides is 2. The van der Waals surface area contributed by atoms with Gasteiger partial charge in [0.15, 0.2) is 0 Å². The van der Waals surface area contributed by atoms with E-state index in [1.165, 1.54) is 16.9 Å². The number of carbonyl (C=O) groups is 2. The van der Waals surface area contributed by atoms with Gasteiger partial charge in [-0.1, -0.05) is 13.8 Å². The van der Waals surface area contributed by atoms with E-state index in [-0.39, 0.29) is 23.1 Å².